The molecule has 0 aliphatic heterocycles. The second-order valence-electron chi connectivity index (χ2n) is 4.98. The van der Waals surface area contributed by atoms with E-state index in [1.807, 2.05) is 7.05 Å². The monoisotopic (exact) mass is 287 g/mol. The fraction of sp³-hybridized carbons (Fsp3) is 0.769. The first kappa shape index (κ1) is 18.4. The number of carbonyl (C=O) groups is 3. The Bertz CT molecular complexity index is 332. The Balaban J connectivity index is 3.62. The van der Waals surface area contributed by atoms with Gasteiger partial charge < -0.3 is 15.3 Å². The maximum absolute atomic E-state index is 11.4. The largest absolute Gasteiger partial charge is 0.481 e. The molecule has 3 amide bonds. The first-order chi connectivity index (χ1) is 9.32. The predicted molar refractivity (Wildman–Crippen MR) is 75.4 cm³/mol. The standard InChI is InChI=1S/C13H25N3O4/c1-10(2)16(3)9-5-8-14-13(20)15-11(17)6-4-7-12(18)19/h10H,4-9H2,1-3H3,(H,18,19)(H2,14,15,17,20). The number of nitrogens with zero attached hydrogens (tertiary/aromatic N) is 1. The van der Waals surface area contributed by atoms with Crippen LogP contribution in [0.25, 0.3) is 0 Å². The average Bonchev–Trinajstić information content (AvgIpc) is 2.33. The smallest absolute Gasteiger partial charge is 0.321 e. The Morgan fingerprint density at radius 3 is 2.35 bits per heavy atom. The fourth-order valence-corrected chi connectivity index (χ4v) is 1.42. The lowest BCUT2D eigenvalue weighted by molar-refractivity contribution is -0.137. The Morgan fingerprint density at radius 2 is 1.80 bits per heavy atom. The fourth-order valence-electron chi connectivity index (χ4n) is 1.42. The van der Waals surface area contributed by atoms with Gasteiger partial charge in [0, 0.05) is 25.4 Å². The minimum Gasteiger partial charge on any atom is -0.481 e. The number of imide groups is 1. The van der Waals surface area contributed by atoms with Gasteiger partial charge in [0.2, 0.25) is 5.91 Å². The van der Waals surface area contributed by atoms with Crippen LogP contribution >= 0.6 is 0 Å². The Morgan fingerprint density at radius 1 is 1.15 bits per heavy atom. The van der Waals surface area contributed by atoms with Gasteiger partial charge in [0.05, 0.1) is 0 Å². The van der Waals surface area contributed by atoms with Crippen molar-refractivity contribution in [3.05, 3.63) is 0 Å². The lowest BCUT2D eigenvalue weighted by atomic mass is 10.2. The zero-order valence-corrected chi connectivity index (χ0v) is 12.4. The molecule has 0 bridgehead atoms. The van der Waals surface area contributed by atoms with Crippen LogP contribution in [0.5, 0.6) is 0 Å². The van der Waals surface area contributed by atoms with Crippen molar-refractivity contribution in [1.29, 1.82) is 0 Å². The Hall–Kier alpha value is -1.63. The lowest BCUT2D eigenvalue weighted by Crippen LogP contribution is -2.40. The van der Waals surface area contributed by atoms with E-state index in [9.17, 15) is 14.4 Å². The van der Waals surface area contributed by atoms with Crippen LogP contribution in [0, 0.1) is 0 Å². The number of rotatable bonds is 9. The zero-order valence-electron chi connectivity index (χ0n) is 12.4. The highest BCUT2D eigenvalue weighted by Gasteiger charge is 2.08. The number of urea groups is 1. The summed E-state index contributed by atoms with van der Waals surface area (Å²) in [7, 11) is 2.01. The quantitative estimate of drug-likeness (QED) is 0.545. The summed E-state index contributed by atoms with van der Waals surface area (Å²) in [6, 6.07) is -0.0721. The molecule has 0 aliphatic carbocycles. The molecule has 0 radical (unpaired) electrons. The summed E-state index contributed by atoms with van der Waals surface area (Å²) in [5, 5.41) is 13.2. The van der Waals surface area contributed by atoms with Crippen LogP contribution in [-0.4, -0.2) is 54.1 Å². The van der Waals surface area contributed by atoms with Crippen LogP contribution < -0.4 is 10.6 Å². The van der Waals surface area contributed by atoms with E-state index in [0.29, 0.717) is 12.6 Å². The number of carboxylic acids is 1. The summed E-state index contributed by atoms with van der Waals surface area (Å²) in [5.41, 5.74) is 0. The molecule has 0 aromatic rings. The van der Waals surface area contributed by atoms with Crippen molar-refractivity contribution in [2.45, 2.75) is 45.6 Å². The molecular formula is C13H25N3O4. The number of aliphatic carboxylic acids is 1. The van der Waals surface area contributed by atoms with Gasteiger partial charge in [-0.25, -0.2) is 4.79 Å². The third kappa shape index (κ3) is 10.3. The molecule has 0 spiro atoms. The molecule has 0 aliphatic rings. The van der Waals surface area contributed by atoms with E-state index in [1.54, 1.807) is 0 Å². The molecule has 0 fully saturated rings. The van der Waals surface area contributed by atoms with Gasteiger partial charge in [0.15, 0.2) is 0 Å². The molecular weight excluding hydrogens is 262 g/mol. The minimum atomic E-state index is -0.948. The van der Waals surface area contributed by atoms with E-state index in [0.717, 1.165) is 13.0 Å². The molecule has 0 aromatic heterocycles. The molecule has 7 nitrogen and oxygen atoms in total. The summed E-state index contributed by atoms with van der Waals surface area (Å²) in [6.07, 6.45) is 0.995. The Labute approximate surface area is 119 Å². The van der Waals surface area contributed by atoms with Crippen molar-refractivity contribution in [1.82, 2.24) is 15.5 Å². The number of nitrogens with one attached hydrogen (secondary N) is 2. The summed E-state index contributed by atoms with van der Waals surface area (Å²) in [5.74, 6) is -1.40. The minimum absolute atomic E-state index is 0.0375. The molecule has 0 aromatic carbocycles. The number of carboxylic acid groups (broad SMARTS) is 1. The summed E-state index contributed by atoms with van der Waals surface area (Å²) < 4.78 is 0. The molecule has 116 valence electrons. The van der Waals surface area contributed by atoms with E-state index in [2.05, 4.69) is 29.4 Å². The van der Waals surface area contributed by atoms with Crippen molar-refractivity contribution < 1.29 is 19.5 Å². The average molecular weight is 287 g/mol. The van der Waals surface area contributed by atoms with Gasteiger partial charge in [0.25, 0.3) is 0 Å². The van der Waals surface area contributed by atoms with Crippen LogP contribution in [0.15, 0.2) is 0 Å². The molecule has 7 heteroatoms. The predicted octanol–water partition coefficient (Wildman–Crippen LogP) is 0.797. The zero-order chi connectivity index (χ0) is 15.5. The second kappa shape index (κ2) is 10.2. The summed E-state index contributed by atoms with van der Waals surface area (Å²) in [6.45, 7) is 5.54. The number of hydrogen-bond acceptors (Lipinski definition) is 4. The second-order valence-corrected chi connectivity index (χ2v) is 4.98. The van der Waals surface area contributed by atoms with Crippen LogP contribution in [0.3, 0.4) is 0 Å². The molecule has 0 saturated carbocycles. The molecule has 0 atom stereocenters. The number of carbonyl (C=O) groups excluding carboxylic acids is 2. The van der Waals surface area contributed by atoms with Crippen LogP contribution in [0.4, 0.5) is 4.79 Å². The van der Waals surface area contributed by atoms with Crippen LogP contribution in [-0.2, 0) is 9.59 Å². The molecule has 0 unspecified atom stereocenters. The maximum atomic E-state index is 11.4. The van der Waals surface area contributed by atoms with Crippen molar-refractivity contribution in [2.75, 3.05) is 20.1 Å². The van der Waals surface area contributed by atoms with Crippen LogP contribution in [0.2, 0.25) is 0 Å². The van der Waals surface area contributed by atoms with Gasteiger partial charge in [-0.05, 0) is 40.3 Å². The van der Waals surface area contributed by atoms with Gasteiger partial charge in [-0.1, -0.05) is 0 Å². The third-order valence-electron chi connectivity index (χ3n) is 2.90. The SMILES string of the molecule is CC(C)N(C)CCCNC(=O)NC(=O)CCCC(=O)O. The highest BCUT2D eigenvalue weighted by molar-refractivity contribution is 5.94. The maximum Gasteiger partial charge on any atom is 0.321 e. The highest BCUT2D eigenvalue weighted by Crippen LogP contribution is 1.95. The molecule has 20 heavy (non-hydrogen) atoms. The Kier molecular flexibility index (Phi) is 9.36. The van der Waals surface area contributed by atoms with E-state index < -0.39 is 17.9 Å². The van der Waals surface area contributed by atoms with E-state index in [1.165, 1.54) is 0 Å². The first-order valence-electron chi connectivity index (χ1n) is 6.82. The molecule has 0 saturated heterocycles. The number of amides is 3. The van der Waals surface area contributed by atoms with Crippen molar-refractivity contribution in [3.63, 3.8) is 0 Å². The van der Waals surface area contributed by atoms with Gasteiger partial charge in [0.1, 0.15) is 0 Å². The lowest BCUT2D eigenvalue weighted by Gasteiger charge is -2.20. The molecule has 3 N–H and O–H groups in total. The topological polar surface area (TPSA) is 98.7 Å². The number of hydrogen-bond donors (Lipinski definition) is 3. The van der Waals surface area contributed by atoms with Gasteiger partial charge >= 0.3 is 12.0 Å². The van der Waals surface area contributed by atoms with Crippen molar-refractivity contribution in [2.24, 2.45) is 0 Å². The first-order valence-corrected chi connectivity index (χ1v) is 6.82. The van der Waals surface area contributed by atoms with E-state index >= 15 is 0 Å². The van der Waals surface area contributed by atoms with Gasteiger partial charge in [-0.2, -0.15) is 0 Å². The normalized spacial score (nSPS) is 10.7. The molecule has 0 rings (SSSR count). The van der Waals surface area contributed by atoms with Crippen LogP contribution in [0.1, 0.15) is 39.5 Å². The summed E-state index contributed by atoms with van der Waals surface area (Å²) >= 11 is 0. The summed E-state index contributed by atoms with van der Waals surface area (Å²) in [4.78, 5) is 35.1. The van der Waals surface area contributed by atoms with Crippen molar-refractivity contribution >= 4 is 17.9 Å². The van der Waals surface area contributed by atoms with Gasteiger partial charge in [-0.15, -0.1) is 0 Å². The molecule has 0 heterocycles. The highest BCUT2D eigenvalue weighted by atomic mass is 16.4. The van der Waals surface area contributed by atoms with Crippen molar-refractivity contribution in [3.8, 4) is 0 Å². The van der Waals surface area contributed by atoms with E-state index in [-0.39, 0.29) is 19.3 Å². The third-order valence-corrected chi connectivity index (χ3v) is 2.90. The van der Waals surface area contributed by atoms with E-state index in [4.69, 9.17) is 5.11 Å². The van der Waals surface area contributed by atoms with Gasteiger partial charge in [-0.3, -0.25) is 14.9 Å².